The second-order valence-electron chi connectivity index (χ2n) is 3.57. The zero-order chi connectivity index (χ0) is 11.4. The van der Waals surface area contributed by atoms with E-state index in [-0.39, 0.29) is 0 Å². The van der Waals surface area contributed by atoms with E-state index in [1.807, 2.05) is 30.3 Å². The second-order valence-corrected chi connectivity index (χ2v) is 4.00. The fourth-order valence-corrected chi connectivity index (χ4v) is 1.61. The zero-order valence-corrected chi connectivity index (χ0v) is 9.88. The van der Waals surface area contributed by atoms with Gasteiger partial charge in [-0.2, -0.15) is 5.10 Å². The quantitative estimate of drug-likeness (QED) is 0.856. The Labute approximate surface area is 99.8 Å². The van der Waals surface area contributed by atoms with Crippen molar-refractivity contribution >= 4 is 11.6 Å². The molecule has 0 aliphatic carbocycles. The number of benzene rings is 1. The number of nitrogens with zero attached hydrogens (tertiary/aromatic N) is 1. The molecule has 2 rings (SSSR count). The Morgan fingerprint density at radius 2 is 2.06 bits per heavy atom. The molecule has 0 atom stereocenters. The molecule has 2 aromatic rings. The van der Waals surface area contributed by atoms with Crippen molar-refractivity contribution in [2.24, 2.45) is 0 Å². The molecule has 0 saturated carbocycles. The second kappa shape index (κ2) is 5.14. The maximum Gasteiger partial charge on any atom is 0.0924 e. The van der Waals surface area contributed by atoms with E-state index >= 15 is 0 Å². The van der Waals surface area contributed by atoms with E-state index in [1.54, 1.807) is 0 Å². The number of aromatic nitrogens is 2. The van der Waals surface area contributed by atoms with Gasteiger partial charge >= 0.3 is 0 Å². The minimum absolute atomic E-state index is 0.743. The number of halogens is 1. The van der Waals surface area contributed by atoms with Crippen LogP contribution < -0.4 is 5.32 Å². The van der Waals surface area contributed by atoms with Crippen LogP contribution in [0.15, 0.2) is 30.3 Å². The van der Waals surface area contributed by atoms with Crippen molar-refractivity contribution < 1.29 is 0 Å². The smallest absolute Gasteiger partial charge is 0.0924 e. The summed E-state index contributed by atoms with van der Waals surface area (Å²) in [4.78, 5) is 0. The van der Waals surface area contributed by atoms with Crippen LogP contribution in [-0.2, 0) is 6.54 Å². The van der Waals surface area contributed by atoms with Crippen LogP contribution in [0.25, 0.3) is 11.3 Å². The van der Waals surface area contributed by atoms with Gasteiger partial charge in [0.25, 0.3) is 0 Å². The van der Waals surface area contributed by atoms with Crippen LogP contribution in [-0.4, -0.2) is 16.7 Å². The number of nitrogens with one attached hydrogen (secondary N) is 2. The van der Waals surface area contributed by atoms with Gasteiger partial charge in [-0.3, -0.25) is 5.10 Å². The molecule has 1 heterocycles. The summed E-state index contributed by atoms with van der Waals surface area (Å²) in [6.07, 6.45) is 0. The summed E-state index contributed by atoms with van der Waals surface area (Å²) in [5.74, 6) is 0. The zero-order valence-electron chi connectivity index (χ0n) is 9.13. The topological polar surface area (TPSA) is 40.7 Å². The van der Waals surface area contributed by atoms with Gasteiger partial charge in [0.05, 0.1) is 5.69 Å². The van der Waals surface area contributed by atoms with E-state index in [4.69, 9.17) is 11.6 Å². The molecule has 16 heavy (non-hydrogen) atoms. The predicted molar refractivity (Wildman–Crippen MR) is 66.4 cm³/mol. The summed E-state index contributed by atoms with van der Waals surface area (Å²) in [6, 6.07) is 9.72. The number of rotatable bonds is 4. The Morgan fingerprint density at radius 1 is 1.31 bits per heavy atom. The lowest BCUT2D eigenvalue weighted by atomic mass is 10.1. The van der Waals surface area contributed by atoms with Gasteiger partial charge in [0.2, 0.25) is 0 Å². The van der Waals surface area contributed by atoms with Gasteiger partial charge in [0, 0.05) is 22.8 Å². The molecular weight excluding hydrogens is 222 g/mol. The standard InChI is InChI=1S/C12H14ClN3/c1-2-14-8-11-7-12(16-15-11)9-3-5-10(13)6-4-9/h3-7,14H,2,8H2,1H3,(H,15,16). The molecular formula is C12H14ClN3. The van der Waals surface area contributed by atoms with E-state index in [9.17, 15) is 0 Å². The van der Waals surface area contributed by atoms with Crippen molar-refractivity contribution in [3.8, 4) is 11.3 Å². The van der Waals surface area contributed by atoms with Gasteiger partial charge in [0.15, 0.2) is 0 Å². The monoisotopic (exact) mass is 235 g/mol. The molecule has 0 radical (unpaired) electrons. The van der Waals surface area contributed by atoms with E-state index in [2.05, 4.69) is 22.4 Å². The Morgan fingerprint density at radius 3 is 2.75 bits per heavy atom. The van der Waals surface area contributed by atoms with Crippen molar-refractivity contribution in [1.82, 2.24) is 15.5 Å². The first kappa shape index (κ1) is 11.2. The van der Waals surface area contributed by atoms with Crippen LogP contribution in [0.4, 0.5) is 0 Å². The van der Waals surface area contributed by atoms with E-state index < -0.39 is 0 Å². The first-order valence-electron chi connectivity index (χ1n) is 5.30. The van der Waals surface area contributed by atoms with Crippen LogP contribution in [0.1, 0.15) is 12.6 Å². The summed E-state index contributed by atoms with van der Waals surface area (Å²) in [5.41, 5.74) is 3.11. The normalized spacial score (nSPS) is 10.6. The molecule has 1 aromatic heterocycles. The van der Waals surface area contributed by atoms with Crippen LogP contribution in [0.5, 0.6) is 0 Å². The van der Waals surface area contributed by atoms with Crippen LogP contribution >= 0.6 is 11.6 Å². The molecule has 0 saturated heterocycles. The summed E-state index contributed by atoms with van der Waals surface area (Å²) in [7, 11) is 0. The number of hydrogen-bond donors (Lipinski definition) is 2. The highest BCUT2D eigenvalue weighted by Crippen LogP contribution is 2.19. The molecule has 84 valence electrons. The molecule has 0 aliphatic rings. The minimum Gasteiger partial charge on any atom is -0.311 e. The molecule has 3 nitrogen and oxygen atoms in total. The van der Waals surface area contributed by atoms with Gasteiger partial charge in [-0.05, 0) is 24.7 Å². The first-order chi connectivity index (χ1) is 7.79. The first-order valence-corrected chi connectivity index (χ1v) is 5.68. The molecule has 0 amide bonds. The van der Waals surface area contributed by atoms with Crippen LogP contribution in [0.3, 0.4) is 0 Å². The largest absolute Gasteiger partial charge is 0.311 e. The Kier molecular flexibility index (Phi) is 3.59. The van der Waals surface area contributed by atoms with Gasteiger partial charge in [-0.15, -0.1) is 0 Å². The lowest BCUT2D eigenvalue weighted by molar-refractivity contribution is 0.707. The molecule has 0 spiro atoms. The predicted octanol–water partition coefficient (Wildman–Crippen LogP) is 2.84. The minimum atomic E-state index is 0.743. The van der Waals surface area contributed by atoms with E-state index in [0.29, 0.717) is 0 Å². The van der Waals surface area contributed by atoms with Crippen molar-refractivity contribution in [2.45, 2.75) is 13.5 Å². The third-order valence-corrected chi connectivity index (χ3v) is 2.59. The molecule has 1 aromatic carbocycles. The SMILES string of the molecule is CCNCc1cc(-c2ccc(Cl)cc2)n[nH]1. The van der Waals surface area contributed by atoms with Crippen molar-refractivity contribution in [3.05, 3.63) is 41.0 Å². The molecule has 0 aliphatic heterocycles. The highest BCUT2D eigenvalue weighted by molar-refractivity contribution is 6.30. The molecule has 0 fully saturated rings. The third-order valence-electron chi connectivity index (χ3n) is 2.34. The Hall–Kier alpha value is -1.32. The lowest BCUT2D eigenvalue weighted by Crippen LogP contribution is -2.11. The van der Waals surface area contributed by atoms with Crippen molar-refractivity contribution in [2.75, 3.05) is 6.54 Å². The summed E-state index contributed by atoms with van der Waals surface area (Å²) in [6.45, 7) is 3.85. The third kappa shape index (κ3) is 2.62. The highest BCUT2D eigenvalue weighted by atomic mass is 35.5. The number of H-pyrrole nitrogens is 1. The van der Waals surface area contributed by atoms with E-state index in [0.717, 1.165) is 35.1 Å². The van der Waals surface area contributed by atoms with Gasteiger partial charge < -0.3 is 5.32 Å². The van der Waals surface area contributed by atoms with Crippen LogP contribution in [0, 0.1) is 0 Å². The maximum absolute atomic E-state index is 5.83. The fourth-order valence-electron chi connectivity index (χ4n) is 1.48. The summed E-state index contributed by atoms with van der Waals surface area (Å²) >= 11 is 5.83. The number of hydrogen-bond acceptors (Lipinski definition) is 2. The van der Waals surface area contributed by atoms with Gasteiger partial charge in [-0.1, -0.05) is 30.7 Å². The number of aromatic amines is 1. The Bertz CT molecular complexity index is 448. The van der Waals surface area contributed by atoms with Gasteiger partial charge in [-0.25, -0.2) is 0 Å². The molecule has 0 unspecified atom stereocenters. The highest BCUT2D eigenvalue weighted by Gasteiger charge is 2.03. The average Bonchev–Trinajstić information content (AvgIpc) is 2.76. The van der Waals surface area contributed by atoms with Gasteiger partial charge in [0.1, 0.15) is 0 Å². The molecule has 0 bridgehead atoms. The summed E-state index contributed by atoms with van der Waals surface area (Å²) in [5, 5.41) is 11.3. The average molecular weight is 236 g/mol. The summed E-state index contributed by atoms with van der Waals surface area (Å²) < 4.78 is 0. The lowest BCUT2D eigenvalue weighted by Gasteiger charge is -1.96. The van der Waals surface area contributed by atoms with Crippen LogP contribution in [0.2, 0.25) is 5.02 Å². The van der Waals surface area contributed by atoms with Crippen molar-refractivity contribution in [3.63, 3.8) is 0 Å². The molecule has 2 N–H and O–H groups in total. The molecule has 4 heteroatoms. The fraction of sp³-hybridized carbons (Fsp3) is 0.250. The Balaban J connectivity index is 2.15. The van der Waals surface area contributed by atoms with E-state index in [1.165, 1.54) is 0 Å². The maximum atomic E-state index is 5.83. The van der Waals surface area contributed by atoms with Crippen molar-refractivity contribution in [1.29, 1.82) is 0 Å².